The Morgan fingerprint density at radius 1 is 0.677 bits per heavy atom. The first-order valence-corrected chi connectivity index (χ1v) is 12.9. The van der Waals surface area contributed by atoms with Gasteiger partial charge in [-0.2, -0.15) is 0 Å². The van der Waals surface area contributed by atoms with Gasteiger partial charge in [0.25, 0.3) is 0 Å². The molecular weight excluding hydrogens is 392 g/mol. The molecule has 0 atom stereocenters. The van der Waals surface area contributed by atoms with E-state index in [2.05, 4.69) is 12.2 Å². The van der Waals surface area contributed by atoms with Crippen LogP contribution >= 0.6 is 0 Å². The fourth-order valence-electron chi connectivity index (χ4n) is 3.83. The number of carbonyl (C=O) groups is 2. The van der Waals surface area contributed by atoms with E-state index < -0.39 is 5.97 Å². The summed E-state index contributed by atoms with van der Waals surface area (Å²) in [6, 6.07) is 0. The molecular formula is C25H50N2O4. The van der Waals surface area contributed by atoms with Crippen molar-refractivity contribution in [2.75, 3.05) is 32.8 Å². The van der Waals surface area contributed by atoms with Crippen molar-refractivity contribution in [3.05, 3.63) is 0 Å². The minimum absolute atomic E-state index is 0.00725. The molecule has 0 heterocycles. The van der Waals surface area contributed by atoms with Crippen LogP contribution in [0.25, 0.3) is 0 Å². The summed E-state index contributed by atoms with van der Waals surface area (Å²) >= 11 is 0. The van der Waals surface area contributed by atoms with E-state index in [0.717, 1.165) is 12.8 Å². The van der Waals surface area contributed by atoms with Crippen LogP contribution in [0.2, 0.25) is 0 Å². The molecule has 0 bridgehead atoms. The first kappa shape index (κ1) is 29.9. The lowest BCUT2D eigenvalue weighted by Gasteiger charge is -2.20. The fourth-order valence-corrected chi connectivity index (χ4v) is 3.83. The van der Waals surface area contributed by atoms with Crippen molar-refractivity contribution in [1.82, 2.24) is 10.2 Å². The van der Waals surface area contributed by atoms with Crippen LogP contribution in [0, 0.1) is 0 Å². The largest absolute Gasteiger partial charge is 0.481 e. The number of carboxylic acids is 1. The number of hydrogen-bond acceptors (Lipinski definition) is 4. The molecule has 0 aromatic heterocycles. The van der Waals surface area contributed by atoms with Crippen molar-refractivity contribution in [3.63, 3.8) is 0 Å². The second-order valence-corrected chi connectivity index (χ2v) is 8.76. The van der Waals surface area contributed by atoms with Crippen LogP contribution in [-0.2, 0) is 9.59 Å². The Hall–Kier alpha value is -1.14. The molecule has 0 rings (SSSR count). The lowest BCUT2D eigenvalue weighted by Crippen LogP contribution is -2.37. The zero-order chi connectivity index (χ0) is 23.0. The topological polar surface area (TPSA) is 89.9 Å². The summed E-state index contributed by atoms with van der Waals surface area (Å²) in [4.78, 5) is 24.4. The van der Waals surface area contributed by atoms with Crippen LogP contribution in [0.4, 0.5) is 0 Å². The molecule has 6 nitrogen and oxygen atoms in total. The second kappa shape index (κ2) is 23.5. The van der Waals surface area contributed by atoms with Gasteiger partial charge >= 0.3 is 5.97 Å². The standard InChI is InChI=1S/C25H50N2O4/c1-2-3-4-5-6-7-8-9-10-11-12-13-14-15-16-17-24(29)26-19-21-27(22-23-28)20-18-25(30)31/h28H,2-23H2,1H3,(H,26,29)(H,30,31). The van der Waals surface area contributed by atoms with Crippen LogP contribution in [0.1, 0.15) is 116 Å². The highest BCUT2D eigenvalue weighted by atomic mass is 16.4. The number of nitrogens with zero attached hydrogens (tertiary/aromatic N) is 1. The van der Waals surface area contributed by atoms with Crippen LogP contribution in [0.5, 0.6) is 0 Å². The molecule has 0 radical (unpaired) electrons. The van der Waals surface area contributed by atoms with Crippen LogP contribution < -0.4 is 5.32 Å². The highest BCUT2D eigenvalue weighted by Gasteiger charge is 2.08. The lowest BCUT2D eigenvalue weighted by molar-refractivity contribution is -0.137. The zero-order valence-electron chi connectivity index (χ0n) is 20.2. The molecule has 3 N–H and O–H groups in total. The van der Waals surface area contributed by atoms with Gasteiger partial charge in [0.15, 0.2) is 0 Å². The minimum Gasteiger partial charge on any atom is -0.481 e. The molecule has 0 fully saturated rings. The van der Waals surface area contributed by atoms with E-state index in [1.54, 1.807) is 0 Å². The molecule has 0 aromatic rings. The monoisotopic (exact) mass is 442 g/mol. The smallest absolute Gasteiger partial charge is 0.304 e. The maximum absolute atomic E-state index is 11.9. The number of amides is 1. The Bertz CT molecular complexity index is 418. The quantitative estimate of drug-likeness (QED) is 0.180. The lowest BCUT2D eigenvalue weighted by atomic mass is 10.0. The Morgan fingerprint density at radius 3 is 1.61 bits per heavy atom. The van der Waals surface area contributed by atoms with E-state index in [9.17, 15) is 9.59 Å². The van der Waals surface area contributed by atoms with Crippen molar-refractivity contribution in [3.8, 4) is 0 Å². The average Bonchev–Trinajstić information content (AvgIpc) is 2.74. The summed E-state index contributed by atoms with van der Waals surface area (Å²) in [6.07, 6.45) is 20.4. The van der Waals surface area contributed by atoms with Gasteiger partial charge in [0, 0.05) is 32.6 Å². The van der Waals surface area contributed by atoms with Gasteiger partial charge < -0.3 is 15.5 Å². The van der Waals surface area contributed by atoms with Gasteiger partial charge in [0.1, 0.15) is 0 Å². The van der Waals surface area contributed by atoms with E-state index in [4.69, 9.17) is 10.2 Å². The minimum atomic E-state index is -0.847. The summed E-state index contributed by atoms with van der Waals surface area (Å²) in [7, 11) is 0. The van der Waals surface area contributed by atoms with E-state index in [1.807, 2.05) is 4.90 Å². The Morgan fingerprint density at radius 2 is 1.16 bits per heavy atom. The second-order valence-electron chi connectivity index (χ2n) is 8.76. The zero-order valence-corrected chi connectivity index (χ0v) is 20.2. The summed E-state index contributed by atoms with van der Waals surface area (Å²) in [5.74, 6) is -0.781. The number of carboxylic acid groups (broad SMARTS) is 1. The summed E-state index contributed by atoms with van der Waals surface area (Å²) in [5, 5.41) is 20.7. The van der Waals surface area contributed by atoms with Gasteiger partial charge in [-0.25, -0.2) is 0 Å². The third kappa shape index (κ3) is 23.4. The van der Waals surface area contributed by atoms with E-state index in [-0.39, 0.29) is 18.9 Å². The Labute approximate surface area is 191 Å². The number of carbonyl (C=O) groups excluding carboxylic acids is 1. The van der Waals surface area contributed by atoms with Crippen LogP contribution in [-0.4, -0.2) is 59.8 Å². The maximum Gasteiger partial charge on any atom is 0.304 e. The van der Waals surface area contributed by atoms with Gasteiger partial charge in [-0.3, -0.25) is 14.5 Å². The number of unbranched alkanes of at least 4 members (excludes halogenated alkanes) is 14. The van der Waals surface area contributed by atoms with E-state index in [0.29, 0.717) is 32.6 Å². The van der Waals surface area contributed by atoms with Crippen molar-refractivity contribution in [2.45, 2.75) is 116 Å². The molecule has 0 aliphatic carbocycles. The molecule has 0 saturated heterocycles. The number of rotatable bonds is 24. The molecule has 0 unspecified atom stereocenters. The predicted octanol–water partition coefficient (Wildman–Crippen LogP) is 5.13. The number of aliphatic hydroxyl groups is 1. The molecule has 31 heavy (non-hydrogen) atoms. The number of aliphatic hydroxyl groups excluding tert-OH is 1. The average molecular weight is 443 g/mol. The molecule has 6 heteroatoms. The molecule has 0 aliphatic heterocycles. The van der Waals surface area contributed by atoms with Gasteiger partial charge in [-0.1, -0.05) is 96.8 Å². The fraction of sp³-hybridized carbons (Fsp3) is 0.920. The summed E-state index contributed by atoms with van der Waals surface area (Å²) < 4.78 is 0. The molecule has 184 valence electrons. The third-order valence-corrected chi connectivity index (χ3v) is 5.82. The third-order valence-electron chi connectivity index (χ3n) is 5.82. The number of nitrogens with one attached hydrogen (secondary N) is 1. The Balaban J connectivity index is 3.39. The van der Waals surface area contributed by atoms with Gasteiger partial charge in [0.2, 0.25) is 5.91 Å². The van der Waals surface area contributed by atoms with Crippen molar-refractivity contribution in [1.29, 1.82) is 0 Å². The molecule has 0 spiro atoms. The van der Waals surface area contributed by atoms with Crippen LogP contribution in [0.15, 0.2) is 0 Å². The Kier molecular flexibility index (Phi) is 22.7. The molecule has 0 saturated carbocycles. The summed E-state index contributed by atoms with van der Waals surface area (Å²) in [5.41, 5.74) is 0. The highest BCUT2D eigenvalue weighted by Crippen LogP contribution is 2.13. The van der Waals surface area contributed by atoms with E-state index in [1.165, 1.54) is 83.5 Å². The SMILES string of the molecule is CCCCCCCCCCCCCCCCCC(=O)NCCN(CCO)CCC(=O)O. The first-order chi connectivity index (χ1) is 15.1. The highest BCUT2D eigenvalue weighted by molar-refractivity contribution is 5.75. The van der Waals surface area contributed by atoms with Gasteiger partial charge in [0.05, 0.1) is 13.0 Å². The van der Waals surface area contributed by atoms with Crippen molar-refractivity contribution < 1.29 is 19.8 Å². The number of hydrogen-bond donors (Lipinski definition) is 3. The predicted molar refractivity (Wildman–Crippen MR) is 128 cm³/mol. The first-order valence-electron chi connectivity index (χ1n) is 12.9. The van der Waals surface area contributed by atoms with Crippen molar-refractivity contribution >= 4 is 11.9 Å². The molecule has 1 amide bonds. The number of aliphatic carboxylic acids is 1. The van der Waals surface area contributed by atoms with E-state index >= 15 is 0 Å². The van der Waals surface area contributed by atoms with Gasteiger partial charge in [-0.05, 0) is 6.42 Å². The maximum atomic E-state index is 11.9. The normalized spacial score (nSPS) is 11.2. The van der Waals surface area contributed by atoms with Gasteiger partial charge in [-0.15, -0.1) is 0 Å². The van der Waals surface area contributed by atoms with Crippen molar-refractivity contribution in [2.24, 2.45) is 0 Å². The summed E-state index contributed by atoms with van der Waals surface area (Å²) in [6.45, 7) is 4.15. The van der Waals surface area contributed by atoms with Crippen LogP contribution in [0.3, 0.4) is 0 Å². The molecule has 0 aliphatic rings. The molecule has 0 aromatic carbocycles.